The van der Waals surface area contributed by atoms with Crippen LogP contribution in [-0.2, 0) is 4.79 Å². The molecule has 0 unspecified atom stereocenters. The number of amides is 1. The number of nitrogens with zero attached hydrogens (tertiary/aromatic N) is 2. The van der Waals surface area contributed by atoms with Crippen molar-refractivity contribution >= 4 is 17.3 Å². The van der Waals surface area contributed by atoms with Crippen molar-refractivity contribution in [2.75, 3.05) is 24.5 Å². The Hall–Kier alpha value is -1.95. The molecule has 0 atom stereocenters. The molecule has 6 heteroatoms. The Balaban J connectivity index is 2.20. The van der Waals surface area contributed by atoms with Gasteiger partial charge in [0.05, 0.1) is 18.0 Å². The second-order valence-corrected chi connectivity index (χ2v) is 3.60. The fraction of sp³-hybridized carbons (Fsp3) is 0.300. The molecule has 2 rings (SSSR count). The minimum Gasteiger partial charge on any atom is -0.337 e. The third-order valence-electron chi connectivity index (χ3n) is 2.55. The van der Waals surface area contributed by atoms with Gasteiger partial charge < -0.3 is 10.2 Å². The van der Waals surface area contributed by atoms with Gasteiger partial charge in [-0.15, -0.1) is 0 Å². The molecule has 1 amide bonds. The Morgan fingerprint density at radius 3 is 2.56 bits per heavy atom. The first-order chi connectivity index (χ1) is 7.68. The van der Waals surface area contributed by atoms with Crippen molar-refractivity contribution in [2.24, 2.45) is 0 Å². The average molecular weight is 222 g/mol. The highest BCUT2D eigenvalue weighted by Gasteiger charge is 2.22. The molecule has 0 bridgehead atoms. The smallest absolute Gasteiger partial charge is 0.282 e. The molecule has 1 saturated heterocycles. The van der Waals surface area contributed by atoms with Gasteiger partial charge in [-0.05, 0) is 12.1 Å². The molecule has 1 aliphatic rings. The molecular weight excluding hydrogens is 210 g/mol. The molecule has 16 heavy (non-hydrogen) atoms. The third kappa shape index (κ3) is 2.01. The van der Waals surface area contributed by atoms with Gasteiger partial charge in [0.2, 0.25) is 0 Å². The van der Waals surface area contributed by atoms with Gasteiger partial charge in [-0.1, -0.05) is 0 Å². The maximum Gasteiger partial charge on any atom is 0.282 e. The van der Waals surface area contributed by atoms with Crippen LogP contribution in [0.3, 0.4) is 0 Å². The van der Waals surface area contributed by atoms with Gasteiger partial charge in [-0.25, -0.2) is 0 Å². The zero-order valence-electron chi connectivity index (χ0n) is 8.63. The van der Waals surface area contributed by atoms with E-state index in [4.69, 9.17) is 0 Å². The number of nitro benzene ring substituents is 1. The van der Waals surface area contributed by atoms with E-state index in [2.05, 4.69) is 0 Å². The molecule has 1 aliphatic heterocycles. The van der Waals surface area contributed by atoms with Crippen molar-refractivity contribution in [3.63, 3.8) is 0 Å². The van der Waals surface area contributed by atoms with Gasteiger partial charge in [0.15, 0.2) is 6.54 Å². The zero-order chi connectivity index (χ0) is 11.5. The van der Waals surface area contributed by atoms with Crippen molar-refractivity contribution < 1.29 is 15.0 Å². The van der Waals surface area contributed by atoms with Gasteiger partial charge in [0.1, 0.15) is 0 Å². The maximum absolute atomic E-state index is 11.6. The Morgan fingerprint density at radius 1 is 1.31 bits per heavy atom. The first kappa shape index (κ1) is 10.6. The standard InChI is InChI=1S/C10H11N3O3/c14-10-7-11-5-6-12(10)8-1-3-9(4-2-8)13(15)16/h1-4,11H,5-7H2/p+1. The highest BCUT2D eigenvalue weighted by Crippen LogP contribution is 2.19. The van der Waals surface area contributed by atoms with Crippen LogP contribution in [0.5, 0.6) is 0 Å². The van der Waals surface area contributed by atoms with Crippen LogP contribution in [-0.4, -0.2) is 30.5 Å². The average Bonchev–Trinajstić information content (AvgIpc) is 2.30. The SMILES string of the molecule is O=C1C[NH2+]CCN1c1ccc([N+](=O)[O-])cc1. The van der Waals surface area contributed by atoms with Gasteiger partial charge in [-0.2, -0.15) is 0 Å². The van der Waals surface area contributed by atoms with Crippen LogP contribution in [0.15, 0.2) is 24.3 Å². The molecule has 0 radical (unpaired) electrons. The number of carbonyl (C=O) groups excluding carboxylic acids is 1. The lowest BCUT2D eigenvalue weighted by Crippen LogP contribution is -2.91. The van der Waals surface area contributed by atoms with Crippen molar-refractivity contribution in [2.45, 2.75) is 0 Å². The lowest BCUT2D eigenvalue weighted by Gasteiger charge is -2.24. The normalized spacial score (nSPS) is 16.2. The van der Waals surface area contributed by atoms with E-state index >= 15 is 0 Å². The second-order valence-electron chi connectivity index (χ2n) is 3.60. The summed E-state index contributed by atoms with van der Waals surface area (Å²) < 4.78 is 0. The Labute approximate surface area is 92.0 Å². The number of benzene rings is 1. The lowest BCUT2D eigenvalue weighted by atomic mass is 10.2. The predicted octanol–water partition coefficient (Wildman–Crippen LogP) is -0.495. The fourth-order valence-electron chi connectivity index (χ4n) is 1.71. The number of rotatable bonds is 2. The van der Waals surface area contributed by atoms with E-state index in [0.29, 0.717) is 13.1 Å². The molecule has 1 aromatic carbocycles. The maximum atomic E-state index is 11.6. The molecular formula is C10H12N3O3+. The Morgan fingerprint density at radius 2 is 2.00 bits per heavy atom. The zero-order valence-corrected chi connectivity index (χ0v) is 8.63. The minimum atomic E-state index is -0.449. The quantitative estimate of drug-likeness (QED) is 0.541. The molecule has 0 saturated carbocycles. The van der Waals surface area contributed by atoms with Crippen molar-refractivity contribution in [1.82, 2.24) is 0 Å². The molecule has 1 fully saturated rings. The number of carbonyl (C=O) groups is 1. The Bertz CT molecular complexity index is 416. The van der Waals surface area contributed by atoms with Crippen molar-refractivity contribution in [3.05, 3.63) is 34.4 Å². The molecule has 0 aliphatic carbocycles. The number of hydrogen-bond donors (Lipinski definition) is 1. The van der Waals surface area contributed by atoms with E-state index in [0.717, 1.165) is 12.2 Å². The van der Waals surface area contributed by atoms with Gasteiger partial charge in [0.25, 0.3) is 11.6 Å². The number of quaternary nitrogens is 1. The largest absolute Gasteiger partial charge is 0.337 e. The number of nitrogens with two attached hydrogens (primary N) is 1. The fourth-order valence-corrected chi connectivity index (χ4v) is 1.71. The van der Waals surface area contributed by atoms with Crippen LogP contribution in [0.4, 0.5) is 11.4 Å². The number of anilines is 1. The monoisotopic (exact) mass is 222 g/mol. The van der Waals surface area contributed by atoms with E-state index in [9.17, 15) is 14.9 Å². The molecule has 1 aromatic rings. The van der Waals surface area contributed by atoms with Crippen molar-refractivity contribution in [1.29, 1.82) is 0 Å². The minimum absolute atomic E-state index is 0.0415. The second kappa shape index (κ2) is 4.28. The summed E-state index contributed by atoms with van der Waals surface area (Å²) in [6.07, 6.45) is 0. The molecule has 1 heterocycles. The first-order valence-electron chi connectivity index (χ1n) is 5.05. The summed E-state index contributed by atoms with van der Waals surface area (Å²) in [6, 6.07) is 6.06. The van der Waals surface area contributed by atoms with Crippen molar-refractivity contribution in [3.8, 4) is 0 Å². The highest BCUT2D eigenvalue weighted by atomic mass is 16.6. The number of non-ortho nitro benzene ring substituents is 1. The van der Waals surface area contributed by atoms with E-state index in [1.807, 2.05) is 5.32 Å². The van der Waals surface area contributed by atoms with Gasteiger partial charge in [0, 0.05) is 17.8 Å². The lowest BCUT2D eigenvalue weighted by molar-refractivity contribution is -0.645. The molecule has 6 nitrogen and oxygen atoms in total. The highest BCUT2D eigenvalue weighted by molar-refractivity contribution is 5.94. The van der Waals surface area contributed by atoms with Crippen LogP contribution < -0.4 is 10.2 Å². The first-order valence-corrected chi connectivity index (χ1v) is 5.05. The summed E-state index contributed by atoms with van der Waals surface area (Å²) in [5.41, 5.74) is 0.767. The van der Waals surface area contributed by atoms with Crippen LogP contribution in [0, 0.1) is 10.1 Å². The summed E-state index contributed by atoms with van der Waals surface area (Å²) in [4.78, 5) is 23.3. The van der Waals surface area contributed by atoms with Gasteiger partial charge >= 0.3 is 0 Å². The molecule has 0 aromatic heterocycles. The van der Waals surface area contributed by atoms with Gasteiger partial charge in [-0.3, -0.25) is 14.9 Å². The number of piperazine rings is 1. The topological polar surface area (TPSA) is 80.1 Å². The number of nitro groups is 1. The van der Waals surface area contributed by atoms with E-state index in [-0.39, 0.29) is 11.6 Å². The summed E-state index contributed by atoms with van der Waals surface area (Å²) in [5.74, 6) is 0.0418. The Kier molecular flexibility index (Phi) is 2.82. The van der Waals surface area contributed by atoms with Crippen LogP contribution in [0.1, 0.15) is 0 Å². The summed E-state index contributed by atoms with van der Waals surface area (Å²) >= 11 is 0. The molecule has 84 valence electrons. The van der Waals surface area contributed by atoms with Crippen LogP contribution >= 0.6 is 0 Å². The number of hydrogen-bond acceptors (Lipinski definition) is 3. The van der Waals surface area contributed by atoms with Crippen LogP contribution in [0.25, 0.3) is 0 Å². The summed E-state index contributed by atoms with van der Waals surface area (Å²) in [6.45, 7) is 1.95. The summed E-state index contributed by atoms with van der Waals surface area (Å²) in [7, 11) is 0. The van der Waals surface area contributed by atoms with Crippen LogP contribution in [0.2, 0.25) is 0 Å². The summed E-state index contributed by atoms with van der Waals surface area (Å²) in [5, 5.41) is 12.4. The third-order valence-corrected chi connectivity index (χ3v) is 2.55. The van der Waals surface area contributed by atoms with E-state index < -0.39 is 4.92 Å². The predicted molar refractivity (Wildman–Crippen MR) is 57.1 cm³/mol. The van der Waals surface area contributed by atoms with E-state index in [1.165, 1.54) is 12.1 Å². The molecule has 2 N–H and O–H groups in total. The molecule has 0 spiro atoms. The van der Waals surface area contributed by atoms with E-state index in [1.54, 1.807) is 17.0 Å².